The molecule has 2 aromatic rings. The minimum absolute atomic E-state index is 0.00487. The van der Waals surface area contributed by atoms with Gasteiger partial charge in [-0.05, 0) is 62.3 Å². The van der Waals surface area contributed by atoms with Gasteiger partial charge in [0.1, 0.15) is 11.4 Å². The van der Waals surface area contributed by atoms with Crippen LogP contribution in [0, 0.1) is 5.92 Å². The Balaban J connectivity index is 1.42. The second-order valence-corrected chi connectivity index (χ2v) is 12.3. The van der Waals surface area contributed by atoms with E-state index in [1.54, 1.807) is 12.1 Å². The van der Waals surface area contributed by atoms with Crippen LogP contribution < -0.4 is 0 Å². The van der Waals surface area contributed by atoms with E-state index >= 15 is 0 Å². The molecule has 4 rings (SSSR count). The lowest BCUT2D eigenvalue weighted by Crippen LogP contribution is -2.38. The second kappa shape index (κ2) is 19.0. The van der Waals surface area contributed by atoms with E-state index in [2.05, 4.69) is 33.6 Å². The number of carboxylic acid groups (broad SMARTS) is 2. The van der Waals surface area contributed by atoms with E-state index in [0.717, 1.165) is 37.8 Å². The van der Waals surface area contributed by atoms with E-state index in [4.69, 9.17) is 18.9 Å². The molecule has 12 nitrogen and oxygen atoms in total. The van der Waals surface area contributed by atoms with Crippen molar-refractivity contribution in [1.82, 2.24) is 19.8 Å². The molecule has 1 aliphatic carbocycles. The van der Waals surface area contributed by atoms with Gasteiger partial charge in [-0.25, -0.2) is 19.6 Å². The Bertz CT molecular complexity index is 1230. The lowest BCUT2D eigenvalue weighted by molar-refractivity contribution is -0.0689. The highest BCUT2D eigenvalue weighted by Crippen LogP contribution is 2.28. The maximum absolute atomic E-state index is 11.7. The van der Waals surface area contributed by atoms with Crippen molar-refractivity contribution in [2.45, 2.75) is 70.7 Å². The van der Waals surface area contributed by atoms with Gasteiger partial charge in [-0.15, -0.1) is 0 Å². The van der Waals surface area contributed by atoms with Gasteiger partial charge in [0, 0.05) is 32.7 Å². The zero-order chi connectivity index (χ0) is 32.7. The molecule has 3 heterocycles. The molecule has 2 N–H and O–H groups in total. The van der Waals surface area contributed by atoms with Crippen molar-refractivity contribution in [2.75, 3.05) is 65.8 Å². The summed E-state index contributed by atoms with van der Waals surface area (Å²) in [5.41, 5.74) is 1.52. The van der Waals surface area contributed by atoms with E-state index < -0.39 is 11.9 Å². The van der Waals surface area contributed by atoms with Crippen LogP contribution in [0.3, 0.4) is 0 Å². The first-order valence-corrected chi connectivity index (χ1v) is 16.5. The molecule has 254 valence electrons. The van der Waals surface area contributed by atoms with Gasteiger partial charge in [-0.3, -0.25) is 9.80 Å². The number of rotatable bonds is 9. The summed E-state index contributed by atoms with van der Waals surface area (Å²) in [6.07, 6.45) is 4.76. The zero-order valence-electron chi connectivity index (χ0n) is 27.2. The number of aromatic carboxylic acids is 2. The van der Waals surface area contributed by atoms with Crippen molar-refractivity contribution < 1.29 is 38.7 Å². The molecule has 2 aliphatic rings. The molecule has 3 atom stereocenters. The molecule has 0 radical (unpaired) electrons. The van der Waals surface area contributed by atoms with Crippen molar-refractivity contribution in [1.29, 1.82) is 0 Å². The lowest BCUT2D eigenvalue weighted by Gasteiger charge is -2.33. The van der Waals surface area contributed by atoms with Crippen LogP contribution in [-0.4, -0.2) is 120 Å². The van der Waals surface area contributed by atoms with E-state index in [0.29, 0.717) is 84.0 Å². The fourth-order valence-corrected chi connectivity index (χ4v) is 6.00. The summed E-state index contributed by atoms with van der Waals surface area (Å²) >= 11 is 0. The molecule has 1 aliphatic heterocycles. The fourth-order valence-electron chi connectivity index (χ4n) is 6.00. The van der Waals surface area contributed by atoms with Crippen LogP contribution in [0.1, 0.15) is 84.4 Å². The predicted octanol–water partition coefficient (Wildman–Crippen LogP) is 4.16. The summed E-state index contributed by atoms with van der Waals surface area (Å²) < 4.78 is 24.7. The summed E-state index contributed by atoms with van der Waals surface area (Å²) in [5.74, 6) is -1.58. The number of pyridine rings is 2. The van der Waals surface area contributed by atoms with Crippen molar-refractivity contribution in [3.63, 3.8) is 0 Å². The van der Waals surface area contributed by atoms with E-state index in [-0.39, 0.29) is 29.6 Å². The molecule has 46 heavy (non-hydrogen) atoms. The quantitative estimate of drug-likeness (QED) is 0.405. The van der Waals surface area contributed by atoms with Crippen LogP contribution >= 0.6 is 0 Å². The summed E-state index contributed by atoms with van der Waals surface area (Å²) in [5, 5.41) is 18.9. The van der Waals surface area contributed by atoms with Crippen molar-refractivity contribution >= 4 is 11.9 Å². The molecular weight excluding hydrogens is 592 g/mol. The lowest BCUT2D eigenvalue weighted by atomic mass is 9.99. The third-order valence-corrected chi connectivity index (χ3v) is 8.49. The molecule has 12 heteroatoms. The highest BCUT2D eigenvalue weighted by atomic mass is 16.5. The number of fused-ring (bicyclic) bond motifs is 1. The van der Waals surface area contributed by atoms with E-state index in [9.17, 15) is 19.8 Å². The SMILES string of the molecule is CC(C)CCC(c1cccc(C(=O)O)n1)N1CCOCCOCCN(Cc2cccc(C(=O)O)n2)CCOC2CCCC2OCC1. The molecule has 1 saturated carbocycles. The van der Waals surface area contributed by atoms with Gasteiger partial charge in [-0.1, -0.05) is 26.0 Å². The van der Waals surface area contributed by atoms with Crippen LogP contribution in [0.5, 0.6) is 0 Å². The number of ether oxygens (including phenoxy) is 4. The first-order chi connectivity index (χ1) is 22.3. The zero-order valence-corrected chi connectivity index (χ0v) is 27.2. The number of carboxylic acids is 2. The van der Waals surface area contributed by atoms with Gasteiger partial charge in [0.05, 0.1) is 69.3 Å². The Labute approximate surface area is 272 Å². The minimum Gasteiger partial charge on any atom is -0.477 e. The molecule has 0 amide bonds. The number of nitrogens with zero attached hydrogens (tertiary/aromatic N) is 4. The highest BCUT2D eigenvalue weighted by molar-refractivity contribution is 5.85. The largest absolute Gasteiger partial charge is 0.477 e. The fraction of sp³-hybridized carbons (Fsp3) is 0.647. The van der Waals surface area contributed by atoms with Crippen LogP contribution in [0.15, 0.2) is 36.4 Å². The number of carbonyl (C=O) groups is 2. The summed E-state index contributed by atoms with van der Waals surface area (Å²) in [7, 11) is 0. The standard InChI is InChI=1S/C34H50N4O8/c1-25(2)12-13-30(27-7-4-9-29(36-27)34(41)42)38-16-19-44-23-22-43-18-14-37(24-26-6-3-8-28(35-26)33(39)40)15-20-45-31-10-5-11-32(31)46-21-17-38/h3-4,6-9,25,30-32H,5,10-24H2,1-2H3,(H,39,40)(H,41,42). The first-order valence-electron chi connectivity index (χ1n) is 16.5. The average Bonchev–Trinajstić information content (AvgIpc) is 3.48. The monoisotopic (exact) mass is 642 g/mol. The van der Waals surface area contributed by atoms with E-state index in [1.807, 2.05) is 12.1 Å². The Morgan fingerprint density at radius 3 is 2.04 bits per heavy atom. The number of aromatic nitrogens is 2. The Morgan fingerprint density at radius 1 is 0.783 bits per heavy atom. The Morgan fingerprint density at radius 2 is 1.37 bits per heavy atom. The molecular formula is C34H50N4O8. The maximum atomic E-state index is 11.7. The number of hydrogen-bond donors (Lipinski definition) is 2. The van der Waals surface area contributed by atoms with Crippen LogP contribution in [0.4, 0.5) is 0 Å². The molecule has 0 bridgehead atoms. The molecule has 2 aromatic heterocycles. The van der Waals surface area contributed by atoms with Crippen LogP contribution in [-0.2, 0) is 25.5 Å². The van der Waals surface area contributed by atoms with Gasteiger partial charge in [0.25, 0.3) is 0 Å². The summed E-state index contributed by atoms with van der Waals surface area (Å²) in [6.45, 7) is 10.4. The van der Waals surface area contributed by atoms with Crippen LogP contribution in [0.2, 0.25) is 0 Å². The third-order valence-electron chi connectivity index (χ3n) is 8.49. The van der Waals surface area contributed by atoms with E-state index in [1.165, 1.54) is 12.1 Å². The molecule has 0 aromatic carbocycles. The highest BCUT2D eigenvalue weighted by Gasteiger charge is 2.30. The Kier molecular flexibility index (Phi) is 14.8. The molecule has 3 unspecified atom stereocenters. The molecule has 1 saturated heterocycles. The van der Waals surface area contributed by atoms with Gasteiger partial charge in [-0.2, -0.15) is 0 Å². The molecule has 0 spiro atoms. The number of hydrogen-bond acceptors (Lipinski definition) is 10. The maximum Gasteiger partial charge on any atom is 0.354 e. The van der Waals surface area contributed by atoms with Crippen molar-refractivity contribution in [3.8, 4) is 0 Å². The summed E-state index contributed by atoms with van der Waals surface area (Å²) in [6, 6.07) is 10.2. The summed E-state index contributed by atoms with van der Waals surface area (Å²) in [4.78, 5) is 36.4. The van der Waals surface area contributed by atoms with Gasteiger partial charge < -0.3 is 29.2 Å². The molecule has 2 fully saturated rings. The normalized spacial score (nSPS) is 22.5. The average molecular weight is 643 g/mol. The van der Waals surface area contributed by atoms with Gasteiger partial charge in [0.15, 0.2) is 0 Å². The van der Waals surface area contributed by atoms with Gasteiger partial charge in [0.2, 0.25) is 0 Å². The third kappa shape index (κ3) is 11.7. The predicted molar refractivity (Wildman–Crippen MR) is 171 cm³/mol. The van der Waals surface area contributed by atoms with Gasteiger partial charge >= 0.3 is 11.9 Å². The van der Waals surface area contributed by atoms with Crippen molar-refractivity contribution in [2.24, 2.45) is 5.92 Å². The Hall–Kier alpha value is -3.00. The van der Waals surface area contributed by atoms with Crippen molar-refractivity contribution in [3.05, 3.63) is 59.2 Å². The smallest absolute Gasteiger partial charge is 0.354 e. The van der Waals surface area contributed by atoms with Crippen LogP contribution in [0.25, 0.3) is 0 Å². The minimum atomic E-state index is -1.04. The first kappa shape index (κ1) is 35.8. The second-order valence-electron chi connectivity index (χ2n) is 12.3. The topological polar surface area (TPSA) is 144 Å².